The maximum atomic E-state index is 5.72. The van der Waals surface area contributed by atoms with Crippen molar-refractivity contribution in [3.8, 4) is 17.4 Å². The fourth-order valence-electron chi connectivity index (χ4n) is 1.41. The Balaban J connectivity index is 2.30. The highest BCUT2D eigenvalue weighted by Crippen LogP contribution is 2.33. The van der Waals surface area contributed by atoms with E-state index in [9.17, 15) is 0 Å². The minimum Gasteiger partial charge on any atom is -0.490 e. The molecule has 1 aromatic heterocycles. The first-order chi connectivity index (χ1) is 9.24. The van der Waals surface area contributed by atoms with E-state index < -0.39 is 0 Å². The van der Waals surface area contributed by atoms with Crippen molar-refractivity contribution in [3.63, 3.8) is 0 Å². The van der Waals surface area contributed by atoms with Gasteiger partial charge in [0.1, 0.15) is 0 Å². The topological polar surface area (TPSA) is 82.3 Å². The van der Waals surface area contributed by atoms with Crippen LogP contribution in [0.25, 0.3) is 0 Å². The molecule has 19 heavy (non-hydrogen) atoms. The molecule has 6 nitrogen and oxygen atoms in total. The lowest BCUT2D eigenvalue weighted by atomic mass is 10.3. The van der Waals surface area contributed by atoms with Gasteiger partial charge in [0.2, 0.25) is 11.8 Å². The van der Waals surface area contributed by atoms with Crippen LogP contribution < -0.4 is 20.7 Å². The van der Waals surface area contributed by atoms with Gasteiger partial charge in [0, 0.05) is 0 Å². The summed E-state index contributed by atoms with van der Waals surface area (Å²) >= 11 is 3.32. The molecule has 2 aromatic rings. The second-order valence-corrected chi connectivity index (χ2v) is 4.33. The number of nitrogen functional groups attached to an aromatic ring is 1. The molecule has 1 aromatic carbocycles. The smallest absolute Gasteiger partial charge is 0.240 e. The first-order valence-corrected chi connectivity index (χ1v) is 6.42. The van der Waals surface area contributed by atoms with Crippen LogP contribution in [0.4, 0.5) is 5.95 Å². The number of nitrogens with one attached hydrogen (secondary N) is 1. The minimum atomic E-state index is 0.270. The fraction of sp³-hybridized carbons (Fsp3) is 0.167. The second kappa shape index (κ2) is 6.35. The summed E-state index contributed by atoms with van der Waals surface area (Å²) in [5.41, 5.74) is 2.37. The number of hydrazine groups is 1. The molecule has 7 heteroatoms. The third-order valence-corrected chi connectivity index (χ3v) is 2.74. The molecule has 0 atom stereocenters. The molecule has 100 valence electrons. The predicted molar refractivity (Wildman–Crippen MR) is 75.2 cm³/mol. The molecule has 0 bridgehead atoms. The van der Waals surface area contributed by atoms with Crippen molar-refractivity contribution >= 4 is 21.9 Å². The van der Waals surface area contributed by atoms with Gasteiger partial charge in [-0.2, -0.15) is 4.98 Å². The van der Waals surface area contributed by atoms with Crippen LogP contribution >= 0.6 is 15.9 Å². The van der Waals surface area contributed by atoms with E-state index in [-0.39, 0.29) is 5.95 Å². The number of ether oxygens (including phenoxy) is 2. The van der Waals surface area contributed by atoms with Gasteiger partial charge in [-0.1, -0.05) is 12.1 Å². The maximum Gasteiger partial charge on any atom is 0.240 e. The van der Waals surface area contributed by atoms with Crippen molar-refractivity contribution in [1.29, 1.82) is 0 Å². The Morgan fingerprint density at radius 2 is 2.05 bits per heavy atom. The standard InChI is InChI=1S/C12H13BrN4O2/c1-2-18-9-5-3-4-6-10(9)19-11-8(13)7-15-12(16-11)17-14/h3-7H,2,14H2,1H3,(H,15,16,17). The van der Waals surface area contributed by atoms with Gasteiger partial charge in [-0.25, -0.2) is 10.8 Å². The first kappa shape index (κ1) is 13.6. The van der Waals surface area contributed by atoms with Crippen LogP contribution in [0.2, 0.25) is 0 Å². The number of halogens is 1. The number of aromatic nitrogens is 2. The van der Waals surface area contributed by atoms with E-state index in [1.165, 1.54) is 0 Å². The van der Waals surface area contributed by atoms with Crippen molar-refractivity contribution in [2.75, 3.05) is 12.0 Å². The van der Waals surface area contributed by atoms with Gasteiger partial charge >= 0.3 is 0 Å². The highest BCUT2D eigenvalue weighted by Gasteiger charge is 2.10. The average Bonchev–Trinajstić information content (AvgIpc) is 2.43. The van der Waals surface area contributed by atoms with Gasteiger partial charge in [0.05, 0.1) is 17.3 Å². The Kier molecular flexibility index (Phi) is 4.53. The molecule has 0 spiro atoms. The minimum absolute atomic E-state index is 0.270. The summed E-state index contributed by atoms with van der Waals surface area (Å²) in [7, 11) is 0. The molecule has 0 aliphatic carbocycles. The molecular formula is C12H13BrN4O2. The predicted octanol–water partition coefficient (Wildman–Crippen LogP) is 2.72. The summed E-state index contributed by atoms with van der Waals surface area (Å²) in [4.78, 5) is 8.07. The Labute approximate surface area is 119 Å². The number of rotatable bonds is 5. The zero-order valence-corrected chi connectivity index (χ0v) is 11.8. The average molecular weight is 325 g/mol. The SMILES string of the molecule is CCOc1ccccc1Oc1nc(NN)ncc1Br. The monoisotopic (exact) mass is 324 g/mol. The van der Waals surface area contributed by atoms with Gasteiger partial charge in [-0.05, 0) is 35.0 Å². The summed E-state index contributed by atoms with van der Waals surface area (Å²) < 4.78 is 11.8. The lowest BCUT2D eigenvalue weighted by Gasteiger charge is -2.11. The van der Waals surface area contributed by atoms with Crippen LogP contribution in [-0.4, -0.2) is 16.6 Å². The largest absolute Gasteiger partial charge is 0.490 e. The number of hydrogen-bond acceptors (Lipinski definition) is 6. The van der Waals surface area contributed by atoms with E-state index >= 15 is 0 Å². The van der Waals surface area contributed by atoms with Crippen molar-refractivity contribution in [2.45, 2.75) is 6.92 Å². The normalized spacial score (nSPS) is 10.1. The summed E-state index contributed by atoms with van der Waals surface area (Å²) in [6.45, 7) is 2.47. The number of benzene rings is 1. The number of para-hydroxylation sites is 2. The number of hydrogen-bond donors (Lipinski definition) is 2. The van der Waals surface area contributed by atoms with Gasteiger partial charge in [-0.3, -0.25) is 5.43 Å². The van der Waals surface area contributed by atoms with E-state index in [1.54, 1.807) is 12.3 Å². The van der Waals surface area contributed by atoms with E-state index in [2.05, 4.69) is 31.3 Å². The number of nitrogens with two attached hydrogens (primary N) is 1. The third-order valence-electron chi connectivity index (χ3n) is 2.20. The lowest BCUT2D eigenvalue weighted by Crippen LogP contribution is -2.10. The van der Waals surface area contributed by atoms with Gasteiger partial charge < -0.3 is 9.47 Å². The molecule has 0 saturated carbocycles. The van der Waals surface area contributed by atoms with Crippen molar-refractivity contribution in [2.24, 2.45) is 5.84 Å². The Morgan fingerprint density at radius 1 is 1.32 bits per heavy atom. The fourth-order valence-corrected chi connectivity index (χ4v) is 1.68. The Morgan fingerprint density at radius 3 is 2.74 bits per heavy atom. The molecule has 0 radical (unpaired) electrons. The van der Waals surface area contributed by atoms with Crippen molar-refractivity contribution in [1.82, 2.24) is 9.97 Å². The maximum absolute atomic E-state index is 5.72. The second-order valence-electron chi connectivity index (χ2n) is 3.47. The van der Waals surface area contributed by atoms with Crippen LogP contribution in [0.3, 0.4) is 0 Å². The first-order valence-electron chi connectivity index (χ1n) is 5.63. The van der Waals surface area contributed by atoms with Gasteiger partial charge in [0.25, 0.3) is 0 Å². The number of nitrogens with zero attached hydrogens (tertiary/aromatic N) is 2. The molecule has 0 aliphatic rings. The number of anilines is 1. The third kappa shape index (κ3) is 3.33. The van der Waals surface area contributed by atoms with Crippen molar-refractivity contribution in [3.05, 3.63) is 34.9 Å². The summed E-state index contributed by atoms with van der Waals surface area (Å²) in [5.74, 6) is 7.12. The lowest BCUT2D eigenvalue weighted by molar-refractivity contribution is 0.319. The summed E-state index contributed by atoms with van der Waals surface area (Å²) in [6, 6.07) is 7.36. The molecule has 0 amide bonds. The zero-order chi connectivity index (χ0) is 13.7. The molecule has 0 unspecified atom stereocenters. The van der Waals surface area contributed by atoms with Crippen LogP contribution in [0, 0.1) is 0 Å². The van der Waals surface area contributed by atoms with E-state index in [4.69, 9.17) is 15.3 Å². The molecule has 2 rings (SSSR count). The molecule has 3 N–H and O–H groups in total. The zero-order valence-electron chi connectivity index (χ0n) is 10.3. The van der Waals surface area contributed by atoms with Crippen LogP contribution in [0.5, 0.6) is 17.4 Å². The molecule has 0 fully saturated rings. The van der Waals surface area contributed by atoms with Gasteiger partial charge in [0.15, 0.2) is 11.5 Å². The van der Waals surface area contributed by atoms with E-state index in [1.807, 2.05) is 25.1 Å². The van der Waals surface area contributed by atoms with Crippen LogP contribution in [-0.2, 0) is 0 Å². The van der Waals surface area contributed by atoms with Gasteiger partial charge in [-0.15, -0.1) is 0 Å². The van der Waals surface area contributed by atoms with Crippen molar-refractivity contribution < 1.29 is 9.47 Å². The molecular weight excluding hydrogens is 312 g/mol. The Hall–Kier alpha value is -1.86. The van der Waals surface area contributed by atoms with Crippen LogP contribution in [0.15, 0.2) is 34.9 Å². The highest BCUT2D eigenvalue weighted by molar-refractivity contribution is 9.10. The van der Waals surface area contributed by atoms with E-state index in [0.29, 0.717) is 28.5 Å². The summed E-state index contributed by atoms with van der Waals surface area (Å²) in [6.07, 6.45) is 1.56. The quantitative estimate of drug-likeness (QED) is 0.650. The molecule has 0 aliphatic heterocycles. The Bertz CT molecular complexity index is 565. The van der Waals surface area contributed by atoms with Crippen LogP contribution in [0.1, 0.15) is 6.92 Å². The molecule has 0 saturated heterocycles. The molecule has 1 heterocycles. The van der Waals surface area contributed by atoms with E-state index in [0.717, 1.165) is 0 Å². The highest BCUT2D eigenvalue weighted by atomic mass is 79.9. The summed E-state index contributed by atoms with van der Waals surface area (Å²) in [5, 5.41) is 0.